The van der Waals surface area contributed by atoms with Crippen molar-refractivity contribution in [3.63, 3.8) is 0 Å². The standard InChI is InChI=1S/C12H17N5O/c1-4-10-11(8-17(2)16-10)13-7-9-5-6-12(18-3)15-14-9/h5-6,8,13H,4,7H2,1-3H3. The number of aromatic nitrogens is 4. The molecule has 0 aliphatic heterocycles. The molecular weight excluding hydrogens is 230 g/mol. The van der Waals surface area contributed by atoms with Crippen molar-refractivity contribution in [2.24, 2.45) is 7.05 Å². The zero-order valence-corrected chi connectivity index (χ0v) is 10.8. The van der Waals surface area contributed by atoms with Gasteiger partial charge in [-0.25, -0.2) is 0 Å². The van der Waals surface area contributed by atoms with Crippen molar-refractivity contribution in [3.05, 3.63) is 29.7 Å². The van der Waals surface area contributed by atoms with Crippen LogP contribution in [0.2, 0.25) is 0 Å². The lowest BCUT2D eigenvalue weighted by atomic mass is 10.3. The Labute approximate surface area is 106 Å². The first-order chi connectivity index (χ1) is 8.72. The molecular formula is C12H17N5O. The largest absolute Gasteiger partial charge is 0.480 e. The number of nitrogens with zero attached hydrogens (tertiary/aromatic N) is 4. The van der Waals surface area contributed by atoms with Gasteiger partial charge in [-0.2, -0.15) is 10.2 Å². The molecule has 6 heteroatoms. The molecule has 2 rings (SSSR count). The lowest BCUT2D eigenvalue weighted by molar-refractivity contribution is 0.391. The minimum absolute atomic E-state index is 0.523. The fraction of sp³-hybridized carbons (Fsp3) is 0.417. The summed E-state index contributed by atoms with van der Waals surface area (Å²) in [6.45, 7) is 2.70. The van der Waals surface area contributed by atoms with Crippen LogP contribution in [0.5, 0.6) is 5.88 Å². The van der Waals surface area contributed by atoms with Gasteiger partial charge in [-0.05, 0) is 12.5 Å². The summed E-state index contributed by atoms with van der Waals surface area (Å²) in [5.74, 6) is 0.523. The number of ether oxygens (including phenoxy) is 1. The monoisotopic (exact) mass is 247 g/mol. The van der Waals surface area contributed by atoms with E-state index in [0.717, 1.165) is 23.5 Å². The summed E-state index contributed by atoms with van der Waals surface area (Å²) in [5.41, 5.74) is 2.96. The summed E-state index contributed by atoms with van der Waals surface area (Å²) in [6.07, 6.45) is 2.87. The predicted molar refractivity (Wildman–Crippen MR) is 68.5 cm³/mol. The molecule has 0 atom stereocenters. The second-order valence-electron chi connectivity index (χ2n) is 3.94. The molecule has 2 heterocycles. The van der Waals surface area contributed by atoms with Crippen LogP contribution in [-0.2, 0) is 20.0 Å². The minimum atomic E-state index is 0.523. The fourth-order valence-electron chi connectivity index (χ4n) is 1.68. The van der Waals surface area contributed by atoms with Gasteiger partial charge >= 0.3 is 0 Å². The maximum atomic E-state index is 4.96. The molecule has 0 amide bonds. The number of rotatable bonds is 5. The van der Waals surface area contributed by atoms with E-state index in [1.54, 1.807) is 17.9 Å². The Morgan fingerprint density at radius 3 is 2.78 bits per heavy atom. The van der Waals surface area contributed by atoms with Gasteiger partial charge in [-0.15, -0.1) is 5.10 Å². The van der Waals surface area contributed by atoms with Crippen molar-refractivity contribution in [3.8, 4) is 5.88 Å². The first kappa shape index (κ1) is 12.3. The molecule has 0 saturated heterocycles. The summed E-state index contributed by atoms with van der Waals surface area (Å²) >= 11 is 0. The van der Waals surface area contributed by atoms with Gasteiger partial charge in [0.05, 0.1) is 30.7 Å². The van der Waals surface area contributed by atoms with Crippen LogP contribution in [-0.4, -0.2) is 27.1 Å². The van der Waals surface area contributed by atoms with Gasteiger partial charge in [0.25, 0.3) is 0 Å². The van der Waals surface area contributed by atoms with Crippen LogP contribution in [0.1, 0.15) is 18.3 Å². The van der Waals surface area contributed by atoms with E-state index in [1.165, 1.54) is 0 Å². The third-order valence-corrected chi connectivity index (χ3v) is 2.60. The van der Waals surface area contributed by atoms with E-state index in [9.17, 15) is 0 Å². The van der Waals surface area contributed by atoms with Gasteiger partial charge < -0.3 is 10.1 Å². The number of nitrogens with one attached hydrogen (secondary N) is 1. The molecule has 2 aromatic rings. The number of hydrogen-bond donors (Lipinski definition) is 1. The quantitative estimate of drug-likeness (QED) is 0.865. The van der Waals surface area contributed by atoms with Crippen LogP contribution in [0.3, 0.4) is 0 Å². The molecule has 18 heavy (non-hydrogen) atoms. The molecule has 0 aliphatic rings. The zero-order chi connectivity index (χ0) is 13.0. The second kappa shape index (κ2) is 5.48. The van der Waals surface area contributed by atoms with Crippen molar-refractivity contribution in [2.45, 2.75) is 19.9 Å². The van der Waals surface area contributed by atoms with Crippen molar-refractivity contribution in [1.29, 1.82) is 0 Å². The number of methoxy groups -OCH3 is 1. The Hall–Kier alpha value is -2.11. The molecule has 0 aromatic carbocycles. The van der Waals surface area contributed by atoms with Crippen molar-refractivity contribution >= 4 is 5.69 Å². The molecule has 0 fully saturated rings. The van der Waals surface area contributed by atoms with Crippen molar-refractivity contribution in [2.75, 3.05) is 12.4 Å². The third kappa shape index (κ3) is 2.77. The van der Waals surface area contributed by atoms with Crippen LogP contribution < -0.4 is 10.1 Å². The van der Waals surface area contributed by atoms with E-state index >= 15 is 0 Å². The Bertz CT molecular complexity index is 506. The molecule has 0 radical (unpaired) electrons. The summed E-state index contributed by atoms with van der Waals surface area (Å²) in [7, 11) is 3.49. The molecule has 1 N–H and O–H groups in total. The number of aryl methyl sites for hydroxylation is 2. The van der Waals surface area contributed by atoms with Crippen LogP contribution >= 0.6 is 0 Å². The van der Waals surface area contributed by atoms with E-state index in [2.05, 4.69) is 27.5 Å². The molecule has 0 spiro atoms. The lowest BCUT2D eigenvalue weighted by Gasteiger charge is -2.04. The highest BCUT2D eigenvalue weighted by Gasteiger charge is 2.05. The maximum Gasteiger partial charge on any atom is 0.233 e. The number of hydrogen-bond acceptors (Lipinski definition) is 5. The van der Waals surface area contributed by atoms with E-state index in [0.29, 0.717) is 12.4 Å². The Balaban J connectivity index is 2.01. The summed E-state index contributed by atoms with van der Waals surface area (Å²) < 4.78 is 6.77. The maximum absolute atomic E-state index is 4.96. The molecule has 2 aromatic heterocycles. The van der Waals surface area contributed by atoms with Gasteiger partial charge in [0, 0.05) is 19.3 Å². The molecule has 6 nitrogen and oxygen atoms in total. The van der Waals surface area contributed by atoms with Gasteiger partial charge in [-0.1, -0.05) is 6.92 Å². The molecule has 0 aliphatic carbocycles. The SMILES string of the molecule is CCc1nn(C)cc1NCc1ccc(OC)nn1. The van der Waals surface area contributed by atoms with E-state index in [1.807, 2.05) is 19.3 Å². The van der Waals surface area contributed by atoms with Crippen LogP contribution in [0.4, 0.5) is 5.69 Å². The third-order valence-electron chi connectivity index (χ3n) is 2.60. The molecule has 0 bridgehead atoms. The first-order valence-corrected chi connectivity index (χ1v) is 5.86. The highest BCUT2D eigenvalue weighted by atomic mass is 16.5. The van der Waals surface area contributed by atoms with Crippen molar-refractivity contribution in [1.82, 2.24) is 20.0 Å². The van der Waals surface area contributed by atoms with Gasteiger partial charge in [0.15, 0.2) is 0 Å². The summed E-state index contributed by atoms with van der Waals surface area (Å²) in [4.78, 5) is 0. The topological polar surface area (TPSA) is 64.9 Å². The zero-order valence-electron chi connectivity index (χ0n) is 10.8. The number of anilines is 1. The predicted octanol–water partition coefficient (Wildman–Crippen LogP) is 1.39. The minimum Gasteiger partial charge on any atom is -0.480 e. The van der Waals surface area contributed by atoms with Crippen molar-refractivity contribution < 1.29 is 4.74 Å². The summed E-state index contributed by atoms with van der Waals surface area (Å²) in [6, 6.07) is 3.69. The lowest BCUT2D eigenvalue weighted by Crippen LogP contribution is -2.04. The van der Waals surface area contributed by atoms with E-state index < -0.39 is 0 Å². The van der Waals surface area contributed by atoms with Gasteiger partial charge in [0.1, 0.15) is 0 Å². The Morgan fingerprint density at radius 1 is 1.33 bits per heavy atom. The van der Waals surface area contributed by atoms with Crippen LogP contribution in [0.15, 0.2) is 18.3 Å². The normalized spacial score (nSPS) is 10.4. The Kier molecular flexibility index (Phi) is 3.76. The average molecular weight is 247 g/mol. The summed E-state index contributed by atoms with van der Waals surface area (Å²) in [5, 5.41) is 15.7. The van der Waals surface area contributed by atoms with Gasteiger partial charge in [-0.3, -0.25) is 4.68 Å². The average Bonchev–Trinajstić information content (AvgIpc) is 2.77. The molecule has 96 valence electrons. The molecule has 0 saturated carbocycles. The van der Waals surface area contributed by atoms with E-state index in [4.69, 9.17) is 4.74 Å². The smallest absolute Gasteiger partial charge is 0.233 e. The van der Waals surface area contributed by atoms with Crippen LogP contribution in [0, 0.1) is 0 Å². The fourth-order valence-corrected chi connectivity index (χ4v) is 1.68. The van der Waals surface area contributed by atoms with Gasteiger partial charge in [0.2, 0.25) is 5.88 Å². The highest BCUT2D eigenvalue weighted by molar-refractivity contribution is 5.46. The van der Waals surface area contributed by atoms with E-state index in [-0.39, 0.29) is 0 Å². The molecule has 0 unspecified atom stereocenters. The Morgan fingerprint density at radius 2 is 2.17 bits per heavy atom. The van der Waals surface area contributed by atoms with Crippen LogP contribution in [0.25, 0.3) is 0 Å². The highest BCUT2D eigenvalue weighted by Crippen LogP contribution is 2.14. The first-order valence-electron chi connectivity index (χ1n) is 5.86. The second-order valence-corrected chi connectivity index (χ2v) is 3.94.